The van der Waals surface area contributed by atoms with E-state index in [1.165, 1.54) is 23.1 Å². The van der Waals surface area contributed by atoms with Crippen LogP contribution in [0.15, 0.2) is 29.2 Å². The molecule has 0 fully saturated rings. The molecule has 1 unspecified atom stereocenters. The Morgan fingerprint density at radius 1 is 1.32 bits per heavy atom. The van der Waals surface area contributed by atoms with E-state index in [1.54, 1.807) is 0 Å². The van der Waals surface area contributed by atoms with E-state index in [9.17, 15) is 4.79 Å². The predicted molar refractivity (Wildman–Crippen MR) is 94.0 cm³/mol. The van der Waals surface area contributed by atoms with E-state index in [-0.39, 0.29) is 11.2 Å². The first-order valence-electron chi connectivity index (χ1n) is 7.06. The Hall–Kier alpha value is -1.11. The first-order chi connectivity index (χ1) is 10.5. The van der Waals surface area contributed by atoms with Crippen LogP contribution >= 0.6 is 34.7 Å². The van der Waals surface area contributed by atoms with Crippen LogP contribution in [0.1, 0.15) is 38.1 Å². The number of carbonyl (C=O) groups excluding carboxylic acids is 1. The third kappa shape index (κ3) is 4.69. The average molecular weight is 356 g/mol. The summed E-state index contributed by atoms with van der Waals surface area (Å²) in [6, 6.07) is 7.50. The number of anilines is 1. The van der Waals surface area contributed by atoms with Gasteiger partial charge in [-0.2, -0.15) is 0 Å². The Bertz CT molecular complexity index is 628. The minimum atomic E-state index is -0.174. The van der Waals surface area contributed by atoms with Gasteiger partial charge < -0.3 is 0 Å². The van der Waals surface area contributed by atoms with Crippen molar-refractivity contribution in [2.75, 3.05) is 5.32 Å². The van der Waals surface area contributed by atoms with Crippen LogP contribution in [0.3, 0.4) is 0 Å². The van der Waals surface area contributed by atoms with Crippen molar-refractivity contribution >= 4 is 45.7 Å². The number of benzene rings is 1. The minimum absolute atomic E-state index is 0.0473. The second kappa shape index (κ2) is 7.94. The van der Waals surface area contributed by atoms with Crippen molar-refractivity contribution < 1.29 is 4.79 Å². The van der Waals surface area contributed by atoms with Crippen LogP contribution in [0.5, 0.6) is 0 Å². The molecule has 1 aromatic heterocycles. The molecule has 0 bridgehead atoms. The minimum Gasteiger partial charge on any atom is -0.300 e. The number of thioether (sulfide) groups is 1. The van der Waals surface area contributed by atoms with Gasteiger partial charge >= 0.3 is 0 Å². The molecule has 0 aliphatic rings. The van der Waals surface area contributed by atoms with Gasteiger partial charge in [-0.3, -0.25) is 10.1 Å². The summed E-state index contributed by atoms with van der Waals surface area (Å²) >= 11 is 8.83. The monoisotopic (exact) mass is 355 g/mol. The normalized spacial score (nSPS) is 12.4. The number of aromatic nitrogens is 2. The fraction of sp³-hybridized carbons (Fsp3) is 0.400. The van der Waals surface area contributed by atoms with E-state index in [2.05, 4.69) is 29.4 Å². The number of nitrogens with zero attached hydrogens (tertiary/aromatic N) is 2. The highest BCUT2D eigenvalue weighted by atomic mass is 35.5. The number of hydrogen-bond donors (Lipinski definition) is 1. The summed E-state index contributed by atoms with van der Waals surface area (Å²) in [6.07, 6.45) is 0.731. The van der Waals surface area contributed by atoms with E-state index < -0.39 is 0 Å². The fourth-order valence-corrected chi connectivity index (χ4v) is 3.53. The quantitative estimate of drug-likeness (QED) is 0.754. The van der Waals surface area contributed by atoms with Crippen molar-refractivity contribution in [3.63, 3.8) is 0 Å². The lowest BCUT2D eigenvalue weighted by molar-refractivity contribution is -0.115. The highest BCUT2D eigenvalue weighted by Crippen LogP contribution is 2.28. The number of rotatable bonds is 6. The summed E-state index contributed by atoms with van der Waals surface area (Å²) in [4.78, 5) is 13.4. The molecule has 1 aromatic carbocycles. The summed E-state index contributed by atoms with van der Waals surface area (Å²) in [6.45, 7) is 6.10. The highest BCUT2D eigenvalue weighted by molar-refractivity contribution is 8.00. The summed E-state index contributed by atoms with van der Waals surface area (Å²) < 4.78 is 0. The molecule has 0 spiro atoms. The number of amides is 1. The van der Waals surface area contributed by atoms with Gasteiger partial charge in [0.2, 0.25) is 11.0 Å². The molecular formula is C15H18ClN3OS2. The van der Waals surface area contributed by atoms with Crippen LogP contribution in [0.4, 0.5) is 5.13 Å². The van der Waals surface area contributed by atoms with Gasteiger partial charge in [0.05, 0.1) is 5.25 Å². The van der Waals surface area contributed by atoms with Crippen molar-refractivity contribution in [1.29, 1.82) is 0 Å². The first-order valence-corrected chi connectivity index (χ1v) is 9.13. The molecular weight excluding hydrogens is 338 g/mol. The maximum Gasteiger partial charge on any atom is 0.239 e. The van der Waals surface area contributed by atoms with E-state index in [1.807, 2.05) is 31.2 Å². The second-order valence-corrected chi connectivity index (χ2v) is 7.78. The lowest BCUT2D eigenvalue weighted by Gasteiger charge is -2.13. The number of hydrogen-bond acceptors (Lipinski definition) is 5. The molecule has 0 saturated carbocycles. The molecule has 1 N–H and O–H groups in total. The molecule has 22 heavy (non-hydrogen) atoms. The number of carbonyl (C=O) groups is 1. The predicted octanol–water partition coefficient (Wildman–Crippen LogP) is 4.82. The van der Waals surface area contributed by atoms with Crippen LogP contribution in [0.25, 0.3) is 0 Å². The Morgan fingerprint density at radius 2 is 2.00 bits per heavy atom. The van der Waals surface area contributed by atoms with Gasteiger partial charge in [-0.15, -0.1) is 22.0 Å². The first kappa shape index (κ1) is 17.2. The fourth-order valence-electron chi connectivity index (χ4n) is 1.70. The number of nitrogens with one attached hydrogen (secondary N) is 1. The van der Waals surface area contributed by atoms with Crippen LogP contribution in [-0.4, -0.2) is 21.4 Å². The molecule has 7 heteroatoms. The Morgan fingerprint density at radius 3 is 2.55 bits per heavy atom. The molecule has 0 saturated heterocycles. The van der Waals surface area contributed by atoms with Crippen molar-refractivity contribution in [2.45, 2.75) is 43.3 Å². The van der Waals surface area contributed by atoms with Crippen molar-refractivity contribution in [1.82, 2.24) is 10.2 Å². The Balaban J connectivity index is 2.00. The van der Waals surface area contributed by atoms with Crippen LogP contribution < -0.4 is 5.32 Å². The van der Waals surface area contributed by atoms with Crippen LogP contribution in [0, 0.1) is 0 Å². The Labute approximate surface area is 143 Å². The highest BCUT2D eigenvalue weighted by Gasteiger charge is 2.20. The smallest absolute Gasteiger partial charge is 0.239 e. The summed E-state index contributed by atoms with van der Waals surface area (Å²) in [5.41, 5.74) is 0. The summed E-state index contributed by atoms with van der Waals surface area (Å²) in [7, 11) is 0. The SMILES string of the molecule is CCC(Sc1ccc(Cl)cc1)C(=O)Nc1nnc(C(C)C)s1. The molecule has 0 radical (unpaired) electrons. The average Bonchev–Trinajstić information content (AvgIpc) is 2.95. The number of halogens is 1. The third-order valence-electron chi connectivity index (χ3n) is 2.92. The third-order valence-corrected chi connectivity index (χ3v) is 5.69. The zero-order chi connectivity index (χ0) is 16.1. The van der Waals surface area contributed by atoms with Gasteiger partial charge in [0, 0.05) is 15.8 Å². The lowest BCUT2D eigenvalue weighted by atomic mass is 10.2. The molecule has 2 rings (SSSR count). The van der Waals surface area contributed by atoms with Gasteiger partial charge in [0.1, 0.15) is 5.01 Å². The zero-order valence-electron chi connectivity index (χ0n) is 12.7. The van der Waals surface area contributed by atoms with E-state index >= 15 is 0 Å². The zero-order valence-corrected chi connectivity index (χ0v) is 15.1. The van der Waals surface area contributed by atoms with Gasteiger partial charge in [-0.25, -0.2) is 0 Å². The second-order valence-electron chi connectivity index (χ2n) is 5.06. The van der Waals surface area contributed by atoms with E-state index in [4.69, 9.17) is 11.6 Å². The molecule has 2 aromatic rings. The summed E-state index contributed by atoms with van der Waals surface area (Å²) in [5, 5.41) is 13.0. The lowest BCUT2D eigenvalue weighted by Crippen LogP contribution is -2.24. The maximum absolute atomic E-state index is 12.4. The van der Waals surface area contributed by atoms with E-state index in [0.717, 1.165) is 16.3 Å². The van der Waals surface area contributed by atoms with Crippen molar-refractivity contribution in [3.8, 4) is 0 Å². The van der Waals surface area contributed by atoms with Crippen molar-refractivity contribution in [3.05, 3.63) is 34.3 Å². The molecule has 0 aliphatic heterocycles. The van der Waals surface area contributed by atoms with Gasteiger partial charge in [0.25, 0.3) is 0 Å². The van der Waals surface area contributed by atoms with Crippen LogP contribution in [0.2, 0.25) is 5.02 Å². The molecule has 4 nitrogen and oxygen atoms in total. The van der Waals surface area contributed by atoms with E-state index in [0.29, 0.717) is 16.1 Å². The Kier molecular flexibility index (Phi) is 6.23. The van der Waals surface area contributed by atoms with Gasteiger partial charge in [0.15, 0.2) is 0 Å². The topological polar surface area (TPSA) is 54.9 Å². The largest absolute Gasteiger partial charge is 0.300 e. The van der Waals surface area contributed by atoms with Crippen molar-refractivity contribution in [2.24, 2.45) is 0 Å². The summed E-state index contributed by atoms with van der Waals surface area (Å²) in [5.74, 6) is 0.266. The molecule has 0 aliphatic carbocycles. The molecule has 118 valence electrons. The molecule has 1 amide bonds. The molecule has 1 atom stereocenters. The maximum atomic E-state index is 12.4. The van der Waals surface area contributed by atoms with Crippen LogP contribution in [-0.2, 0) is 4.79 Å². The molecule has 1 heterocycles. The van der Waals surface area contributed by atoms with Gasteiger partial charge in [-0.05, 0) is 30.7 Å². The van der Waals surface area contributed by atoms with Gasteiger partial charge in [-0.1, -0.05) is 43.7 Å². The standard InChI is InChI=1S/C15H18ClN3OS2/c1-4-12(21-11-7-5-10(16)6-8-11)13(20)17-15-19-18-14(22-15)9(2)3/h5-9,12H,4H2,1-3H3,(H,17,19,20).